The minimum absolute atomic E-state index is 0.0471. The molecule has 0 saturated carbocycles. The highest BCUT2D eigenvalue weighted by Crippen LogP contribution is 2.28. The van der Waals surface area contributed by atoms with Crippen molar-refractivity contribution in [1.82, 2.24) is 4.98 Å². The van der Waals surface area contributed by atoms with Crippen LogP contribution in [0.1, 0.15) is 16.1 Å². The zero-order valence-corrected chi connectivity index (χ0v) is 9.88. The maximum absolute atomic E-state index is 13.4. The second-order valence-electron chi connectivity index (χ2n) is 3.39. The maximum Gasteiger partial charge on any atom is 0.354 e. The number of aromatic carboxylic acids is 1. The van der Waals surface area contributed by atoms with Gasteiger partial charge in [-0.15, -0.1) is 0 Å². The first-order valence-corrected chi connectivity index (χ1v) is 5.28. The molecule has 0 saturated heterocycles. The van der Waals surface area contributed by atoms with Crippen LogP contribution in [0.5, 0.6) is 0 Å². The fourth-order valence-corrected chi connectivity index (χ4v) is 1.94. The van der Waals surface area contributed by atoms with Gasteiger partial charge in [0.2, 0.25) is 0 Å². The molecule has 16 heavy (non-hydrogen) atoms. The van der Waals surface area contributed by atoms with Gasteiger partial charge in [-0.25, -0.2) is 14.2 Å². The Morgan fingerprint density at radius 2 is 2.19 bits per heavy atom. The van der Waals surface area contributed by atoms with Crippen LogP contribution in [0.2, 0.25) is 0 Å². The average molecular weight is 284 g/mol. The quantitative estimate of drug-likeness (QED) is 0.875. The Bertz CT molecular complexity index is 598. The number of hydrogen-bond acceptors (Lipinski definition) is 2. The van der Waals surface area contributed by atoms with E-state index in [9.17, 15) is 9.18 Å². The van der Waals surface area contributed by atoms with E-state index in [1.165, 1.54) is 12.1 Å². The van der Waals surface area contributed by atoms with Crippen LogP contribution in [0.4, 0.5) is 4.39 Å². The van der Waals surface area contributed by atoms with Gasteiger partial charge in [0.1, 0.15) is 11.5 Å². The fraction of sp³-hybridized carbons (Fsp3) is 0.0909. The highest BCUT2D eigenvalue weighted by molar-refractivity contribution is 9.10. The van der Waals surface area contributed by atoms with Gasteiger partial charge in [-0.05, 0) is 46.6 Å². The number of carboxylic acid groups (broad SMARTS) is 1. The molecule has 82 valence electrons. The van der Waals surface area contributed by atoms with E-state index in [-0.39, 0.29) is 11.5 Å². The Kier molecular flexibility index (Phi) is 2.63. The lowest BCUT2D eigenvalue weighted by Crippen LogP contribution is -2.01. The second-order valence-corrected chi connectivity index (χ2v) is 4.18. The van der Waals surface area contributed by atoms with Crippen molar-refractivity contribution in [2.75, 3.05) is 0 Å². The van der Waals surface area contributed by atoms with Crippen LogP contribution in [0.3, 0.4) is 0 Å². The fourth-order valence-electron chi connectivity index (χ4n) is 1.51. The smallest absolute Gasteiger partial charge is 0.354 e. The Balaban J connectivity index is 2.84. The van der Waals surface area contributed by atoms with Gasteiger partial charge < -0.3 is 5.11 Å². The Hall–Kier alpha value is -1.49. The van der Waals surface area contributed by atoms with Crippen molar-refractivity contribution < 1.29 is 14.3 Å². The van der Waals surface area contributed by atoms with Gasteiger partial charge in [0, 0.05) is 5.39 Å². The van der Waals surface area contributed by atoms with Crippen LogP contribution in [-0.4, -0.2) is 16.1 Å². The molecular formula is C11H7BrFNO2. The highest BCUT2D eigenvalue weighted by atomic mass is 79.9. The average Bonchev–Trinajstić information content (AvgIpc) is 2.25. The molecule has 0 aliphatic heterocycles. The molecule has 0 amide bonds. The van der Waals surface area contributed by atoms with Crippen molar-refractivity contribution >= 4 is 32.8 Å². The molecule has 0 radical (unpaired) electrons. The van der Waals surface area contributed by atoms with Crippen LogP contribution in [0.25, 0.3) is 10.9 Å². The monoisotopic (exact) mass is 283 g/mol. The summed E-state index contributed by atoms with van der Waals surface area (Å²) in [6.07, 6.45) is 0. The first kappa shape index (κ1) is 11.0. The molecule has 0 unspecified atom stereocenters. The molecule has 1 aromatic heterocycles. The number of carboxylic acids is 1. The van der Waals surface area contributed by atoms with E-state index in [1.54, 1.807) is 13.0 Å². The number of halogens is 2. The van der Waals surface area contributed by atoms with E-state index < -0.39 is 5.97 Å². The molecule has 0 bridgehead atoms. The summed E-state index contributed by atoms with van der Waals surface area (Å²) in [6.45, 7) is 1.69. The van der Waals surface area contributed by atoms with Crippen molar-refractivity contribution in [3.05, 3.63) is 39.7 Å². The van der Waals surface area contributed by atoms with E-state index in [4.69, 9.17) is 5.11 Å². The van der Waals surface area contributed by atoms with Crippen LogP contribution < -0.4 is 0 Å². The van der Waals surface area contributed by atoms with Gasteiger partial charge in [0.05, 0.1) is 9.99 Å². The highest BCUT2D eigenvalue weighted by Gasteiger charge is 2.12. The summed E-state index contributed by atoms with van der Waals surface area (Å²) in [5.41, 5.74) is 1.06. The first-order valence-electron chi connectivity index (χ1n) is 4.49. The van der Waals surface area contributed by atoms with E-state index >= 15 is 0 Å². The number of fused-ring (bicyclic) bond motifs is 1. The van der Waals surface area contributed by atoms with E-state index in [1.807, 2.05) is 0 Å². The maximum atomic E-state index is 13.4. The van der Waals surface area contributed by atoms with E-state index in [0.29, 0.717) is 20.9 Å². The lowest BCUT2D eigenvalue weighted by Gasteiger charge is -2.05. The van der Waals surface area contributed by atoms with Crippen molar-refractivity contribution in [2.24, 2.45) is 0 Å². The minimum Gasteiger partial charge on any atom is -0.477 e. The summed E-state index contributed by atoms with van der Waals surface area (Å²) in [4.78, 5) is 14.7. The largest absolute Gasteiger partial charge is 0.477 e. The molecule has 2 aromatic rings. The lowest BCUT2D eigenvalue weighted by molar-refractivity contribution is 0.0691. The molecule has 1 N–H and O–H groups in total. The van der Waals surface area contributed by atoms with Gasteiger partial charge in [-0.2, -0.15) is 0 Å². The van der Waals surface area contributed by atoms with Crippen molar-refractivity contribution in [3.63, 3.8) is 0 Å². The standard InChI is InChI=1S/C11H7BrFNO2/c1-5-4-7(13)9(12)6-2-3-8(11(15)16)14-10(5)6/h2-4H,1H3,(H,15,16). The van der Waals surface area contributed by atoms with Gasteiger partial charge in [0.15, 0.2) is 0 Å². The third kappa shape index (κ3) is 1.67. The zero-order chi connectivity index (χ0) is 11.9. The molecule has 0 aliphatic carbocycles. The zero-order valence-electron chi connectivity index (χ0n) is 8.29. The molecular weight excluding hydrogens is 277 g/mol. The van der Waals surface area contributed by atoms with Gasteiger partial charge >= 0.3 is 5.97 Å². The summed E-state index contributed by atoms with van der Waals surface area (Å²) < 4.78 is 13.7. The molecule has 1 aromatic carbocycles. The summed E-state index contributed by atoms with van der Waals surface area (Å²) in [5.74, 6) is -1.48. The molecule has 0 atom stereocenters. The molecule has 0 aliphatic rings. The Labute approximate surface area is 99.1 Å². The van der Waals surface area contributed by atoms with Crippen LogP contribution in [-0.2, 0) is 0 Å². The van der Waals surface area contributed by atoms with E-state index in [0.717, 1.165) is 0 Å². The number of benzene rings is 1. The summed E-state index contributed by atoms with van der Waals surface area (Å²) in [7, 11) is 0. The predicted octanol–water partition coefficient (Wildman–Crippen LogP) is 3.14. The van der Waals surface area contributed by atoms with Gasteiger partial charge in [-0.3, -0.25) is 0 Å². The van der Waals surface area contributed by atoms with Gasteiger partial charge in [-0.1, -0.05) is 0 Å². The number of nitrogens with zero attached hydrogens (tertiary/aromatic N) is 1. The summed E-state index contributed by atoms with van der Waals surface area (Å²) in [5, 5.41) is 9.38. The van der Waals surface area contributed by atoms with E-state index in [2.05, 4.69) is 20.9 Å². The molecule has 0 spiro atoms. The molecule has 1 heterocycles. The topological polar surface area (TPSA) is 50.2 Å². The summed E-state index contributed by atoms with van der Waals surface area (Å²) >= 11 is 3.11. The SMILES string of the molecule is Cc1cc(F)c(Br)c2ccc(C(=O)O)nc12. The Morgan fingerprint density at radius 1 is 1.50 bits per heavy atom. The number of hydrogen-bond donors (Lipinski definition) is 1. The van der Waals surface area contributed by atoms with Crippen LogP contribution in [0.15, 0.2) is 22.7 Å². The second kappa shape index (κ2) is 3.83. The number of aromatic nitrogens is 1. The normalized spacial score (nSPS) is 10.7. The lowest BCUT2D eigenvalue weighted by atomic mass is 10.1. The van der Waals surface area contributed by atoms with Crippen LogP contribution >= 0.6 is 15.9 Å². The molecule has 5 heteroatoms. The first-order chi connectivity index (χ1) is 7.50. The van der Waals surface area contributed by atoms with Crippen molar-refractivity contribution in [1.29, 1.82) is 0 Å². The molecule has 2 rings (SSSR count). The number of aryl methyl sites for hydroxylation is 1. The predicted molar refractivity (Wildman–Crippen MR) is 61.1 cm³/mol. The number of pyridine rings is 1. The molecule has 0 fully saturated rings. The summed E-state index contributed by atoms with van der Waals surface area (Å²) in [6, 6.07) is 4.23. The third-order valence-corrected chi connectivity index (χ3v) is 3.08. The Morgan fingerprint density at radius 3 is 2.81 bits per heavy atom. The van der Waals surface area contributed by atoms with Gasteiger partial charge in [0.25, 0.3) is 0 Å². The van der Waals surface area contributed by atoms with Crippen LogP contribution in [0, 0.1) is 12.7 Å². The number of carbonyl (C=O) groups is 1. The molecule has 3 nitrogen and oxygen atoms in total. The van der Waals surface area contributed by atoms with Crippen molar-refractivity contribution in [2.45, 2.75) is 6.92 Å². The van der Waals surface area contributed by atoms with Crippen molar-refractivity contribution in [3.8, 4) is 0 Å². The third-order valence-electron chi connectivity index (χ3n) is 2.28. The minimum atomic E-state index is -1.10. The number of rotatable bonds is 1.